The quantitative estimate of drug-likeness (QED) is 0.167. The van der Waals surface area contributed by atoms with Crippen molar-refractivity contribution in [3.05, 3.63) is 149 Å². The van der Waals surface area contributed by atoms with Gasteiger partial charge in [0.15, 0.2) is 5.60 Å². The van der Waals surface area contributed by atoms with Gasteiger partial charge in [0, 0.05) is 28.3 Å². The van der Waals surface area contributed by atoms with Crippen LogP contribution in [0.5, 0.6) is 0 Å². The predicted octanol–water partition coefficient (Wildman–Crippen LogP) is 6.23. The third-order valence-electron chi connectivity index (χ3n) is 6.18. The number of halogens is 1. The van der Waals surface area contributed by atoms with Crippen LogP contribution in [0.3, 0.4) is 0 Å². The SMILES string of the molecule is NCCOCCOCC(=O)OC(c1ccccc1)(c1ccc(C2=CC=CC=CC=C2)cc1)c1ccccc1Cl. The molecule has 3 aromatic carbocycles. The lowest BCUT2D eigenvalue weighted by Crippen LogP contribution is -2.37. The molecule has 0 spiro atoms. The maximum Gasteiger partial charge on any atom is 0.333 e. The van der Waals surface area contributed by atoms with Crippen LogP contribution in [0, 0.1) is 0 Å². The molecule has 0 aromatic heterocycles. The van der Waals surface area contributed by atoms with Gasteiger partial charge in [-0.2, -0.15) is 0 Å². The van der Waals surface area contributed by atoms with Crippen LogP contribution in [0.1, 0.15) is 22.3 Å². The Hall–Kier alpha value is -3.74. The fourth-order valence-electron chi connectivity index (χ4n) is 4.39. The molecule has 1 unspecified atom stereocenters. The van der Waals surface area contributed by atoms with E-state index in [2.05, 4.69) is 12.2 Å². The molecule has 5 nitrogen and oxygen atoms in total. The van der Waals surface area contributed by atoms with Crippen molar-refractivity contribution in [3.63, 3.8) is 0 Å². The van der Waals surface area contributed by atoms with E-state index in [0.29, 0.717) is 30.3 Å². The average molecular weight is 542 g/mol. The number of allylic oxidation sites excluding steroid dienone is 8. The minimum atomic E-state index is -1.30. The summed E-state index contributed by atoms with van der Waals surface area (Å²) >= 11 is 6.77. The minimum Gasteiger partial charge on any atom is -0.442 e. The molecule has 0 saturated carbocycles. The summed E-state index contributed by atoms with van der Waals surface area (Å²) in [6.07, 6.45) is 14.1. The highest BCUT2D eigenvalue weighted by molar-refractivity contribution is 6.31. The zero-order valence-corrected chi connectivity index (χ0v) is 22.4. The Morgan fingerprint density at radius 3 is 2.18 bits per heavy atom. The molecule has 0 aliphatic heterocycles. The molecule has 0 bridgehead atoms. The van der Waals surface area contributed by atoms with Crippen molar-refractivity contribution in [2.75, 3.05) is 33.0 Å². The van der Waals surface area contributed by atoms with Crippen LogP contribution in [0.4, 0.5) is 0 Å². The molecule has 0 heterocycles. The predicted molar refractivity (Wildman–Crippen MR) is 156 cm³/mol. The highest BCUT2D eigenvalue weighted by Gasteiger charge is 2.42. The highest BCUT2D eigenvalue weighted by atomic mass is 35.5. The second-order valence-corrected chi connectivity index (χ2v) is 9.19. The molecule has 0 amide bonds. The highest BCUT2D eigenvalue weighted by Crippen LogP contribution is 2.43. The Balaban J connectivity index is 1.73. The fraction of sp³-hybridized carbons (Fsp3) is 0.182. The third-order valence-corrected chi connectivity index (χ3v) is 6.50. The number of hydrogen-bond acceptors (Lipinski definition) is 5. The van der Waals surface area contributed by atoms with Gasteiger partial charge in [-0.25, -0.2) is 4.79 Å². The molecule has 0 fully saturated rings. The van der Waals surface area contributed by atoms with E-state index in [0.717, 1.165) is 22.3 Å². The number of hydrogen-bond donors (Lipinski definition) is 1. The number of rotatable bonds is 12. The maximum atomic E-state index is 13.3. The van der Waals surface area contributed by atoms with E-state index in [1.165, 1.54) is 0 Å². The summed E-state index contributed by atoms with van der Waals surface area (Å²) < 4.78 is 17.2. The van der Waals surface area contributed by atoms with E-state index < -0.39 is 11.6 Å². The summed E-state index contributed by atoms with van der Waals surface area (Å²) in [4.78, 5) is 13.3. The number of benzene rings is 3. The first-order chi connectivity index (χ1) is 19.1. The van der Waals surface area contributed by atoms with Crippen molar-refractivity contribution < 1.29 is 19.0 Å². The van der Waals surface area contributed by atoms with Crippen LogP contribution in [-0.4, -0.2) is 38.9 Å². The molecule has 0 saturated heterocycles. The zero-order chi connectivity index (χ0) is 27.3. The zero-order valence-electron chi connectivity index (χ0n) is 21.7. The van der Waals surface area contributed by atoms with Gasteiger partial charge in [-0.1, -0.05) is 127 Å². The molecule has 2 N–H and O–H groups in total. The van der Waals surface area contributed by atoms with E-state index in [1.54, 1.807) is 6.07 Å². The Morgan fingerprint density at radius 2 is 1.41 bits per heavy atom. The molecule has 0 radical (unpaired) electrons. The van der Waals surface area contributed by atoms with Gasteiger partial charge in [-0.3, -0.25) is 0 Å². The first-order valence-electron chi connectivity index (χ1n) is 12.9. The van der Waals surface area contributed by atoms with Gasteiger partial charge < -0.3 is 19.9 Å². The van der Waals surface area contributed by atoms with Gasteiger partial charge in [0.05, 0.1) is 19.8 Å². The number of carbonyl (C=O) groups is 1. The van der Waals surface area contributed by atoms with Crippen LogP contribution in [0.25, 0.3) is 5.57 Å². The fourth-order valence-corrected chi connectivity index (χ4v) is 4.65. The lowest BCUT2D eigenvalue weighted by molar-refractivity contribution is -0.159. The van der Waals surface area contributed by atoms with Crippen molar-refractivity contribution in [3.8, 4) is 0 Å². The van der Waals surface area contributed by atoms with Crippen LogP contribution < -0.4 is 5.73 Å². The first kappa shape index (κ1) is 28.3. The van der Waals surface area contributed by atoms with Gasteiger partial charge >= 0.3 is 5.97 Å². The smallest absolute Gasteiger partial charge is 0.333 e. The van der Waals surface area contributed by atoms with E-state index in [-0.39, 0.29) is 13.2 Å². The lowest BCUT2D eigenvalue weighted by atomic mass is 9.79. The van der Waals surface area contributed by atoms with Crippen LogP contribution in [0.15, 0.2) is 121 Å². The Bertz CT molecular complexity index is 1350. The summed E-state index contributed by atoms with van der Waals surface area (Å²) in [5.74, 6) is -0.524. The van der Waals surface area contributed by atoms with Crippen LogP contribution in [0.2, 0.25) is 5.02 Å². The van der Waals surface area contributed by atoms with Crippen LogP contribution >= 0.6 is 11.6 Å². The molecular formula is C33H32ClNO4. The summed E-state index contributed by atoms with van der Waals surface area (Å²) in [6.45, 7) is 1.23. The summed E-state index contributed by atoms with van der Waals surface area (Å²) in [5.41, 5.74) is 8.41. The molecule has 3 aromatic rings. The van der Waals surface area contributed by atoms with Gasteiger partial charge in [-0.15, -0.1) is 0 Å². The molecule has 200 valence electrons. The average Bonchev–Trinajstić information content (AvgIpc) is 2.95. The second-order valence-electron chi connectivity index (χ2n) is 8.78. The summed E-state index contributed by atoms with van der Waals surface area (Å²) in [5, 5.41) is 0.483. The standard InChI is InChI=1S/C33H32ClNO4/c34-31-16-10-9-15-30(31)33(28-13-7-4-8-14-28,39-32(36)25-38-24-23-37-22-21-35)29-19-17-27(18-20-29)26-11-5-2-1-3-6-12-26/h1-20H,21-25,35H2. The van der Waals surface area contributed by atoms with Crippen LogP contribution in [-0.2, 0) is 24.6 Å². The summed E-state index contributed by atoms with van der Waals surface area (Å²) in [6, 6.07) is 25.1. The van der Waals surface area contributed by atoms with E-state index in [1.807, 2.05) is 103 Å². The van der Waals surface area contributed by atoms with Gasteiger partial charge in [0.1, 0.15) is 6.61 Å². The largest absolute Gasteiger partial charge is 0.442 e. The molecule has 1 atom stereocenters. The summed E-state index contributed by atoms with van der Waals surface area (Å²) in [7, 11) is 0. The molecule has 39 heavy (non-hydrogen) atoms. The van der Waals surface area contributed by atoms with Crippen molar-refractivity contribution >= 4 is 23.1 Å². The Labute approximate surface area is 234 Å². The monoisotopic (exact) mass is 541 g/mol. The van der Waals surface area contributed by atoms with E-state index in [4.69, 9.17) is 31.5 Å². The second kappa shape index (κ2) is 14.4. The Morgan fingerprint density at radius 1 is 0.744 bits per heavy atom. The normalized spacial score (nSPS) is 14.3. The third kappa shape index (κ3) is 7.22. The van der Waals surface area contributed by atoms with Gasteiger partial charge in [0.2, 0.25) is 0 Å². The Kier molecular flexibility index (Phi) is 10.5. The van der Waals surface area contributed by atoms with Crippen molar-refractivity contribution in [1.82, 2.24) is 0 Å². The molecule has 1 aliphatic carbocycles. The molecule has 1 aliphatic rings. The maximum absolute atomic E-state index is 13.3. The minimum absolute atomic E-state index is 0.235. The molecule has 6 heteroatoms. The number of esters is 1. The van der Waals surface area contributed by atoms with Crippen molar-refractivity contribution in [1.29, 1.82) is 0 Å². The number of ether oxygens (including phenoxy) is 3. The number of nitrogens with two attached hydrogens (primary N) is 1. The molecular weight excluding hydrogens is 510 g/mol. The van der Waals surface area contributed by atoms with E-state index in [9.17, 15) is 4.79 Å². The van der Waals surface area contributed by atoms with Crippen molar-refractivity contribution in [2.24, 2.45) is 5.73 Å². The first-order valence-corrected chi connectivity index (χ1v) is 13.2. The topological polar surface area (TPSA) is 70.8 Å². The lowest BCUT2D eigenvalue weighted by Gasteiger charge is -2.36. The molecule has 4 rings (SSSR count). The van der Waals surface area contributed by atoms with Gasteiger partial charge in [-0.05, 0) is 17.2 Å². The van der Waals surface area contributed by atoms with Gasteiger partial charge in [0.25, 0.3) is 0 Å². The van der Waals surface area contributed by atoms with E-state index >= 15 is 0 Å². The van der Waals surface area contributed by atoms with Crippen molar-refractivity contribution in [2.45, 2.75) is 5.60 Å². The number of carbonyl (C=O) groups excluding carboxylic acids is 1.